The van der Waals surface area contributed by atoms with Crippen molar-refractivity contribution >= 4 is 29.0 Å². The van der Waals surface area contributed by atoms with E-state index in [2.05, 4.69) is 30.6 Å². The van der Waals surface area contributed by atoms with E-state index in [1.165, 1.54) is 42.4 Å². The summed E-state index contributed by atoms with van der Waals surface area (Å²) in [5.74, 6) is -0.619. The van der Waals surface area contributed by atoms with Gasteiger partial charge in [-0.1, -0.05) is 6.92 Å². The summed E-state index contributed by atoms with van der Waals surface area (Å²) in [5.41, 5.74) is -0.578. The Hall–Kier alpha value is -3.08. The Balaban J connectivity index is 1.83. The first-order valence-electron chi connectivity index (χ1n) is 7.79. The van der Waals surface area contributed by atoms with E-state index < -0.39 is 11.5 Å². The summed E-state index contributed by atoms with van der Waals surface area (Å²) in [6.07, 6.45) is 3.46. The molecular formula is C15H17N7O3S. The zero-order chi connectivity index (χ0) is 18.9. The van der Waals surface area contributed by atoms with Gasteiger partial charge in [0.15, 0.2) is 22.2 Å². The Kier molecular flexibility index (Phi) is 4.55. The van der Waals surface area contributed by atoms with Gasteiger partial charge in [0.25, 0.3) is 5.91 Å². The summed E-state index contributed by atoms with van der Waals surface area (Å²) in [6.45, 7) is 4.95. The van der Waals surface area contributed by atoms with Gasteiger partial charge >= 0.3 is 5.97 Å². The summed E-state index contributed by atoms with van der Waals surface area (Å²) in [7, 11) is 0. The molecule has 0 bridgehead atoms. The predicted octanol–water partition coefficient (Wildman–Crippen LogP) is 1.76. The zero-order valence-corrected chi connectivity index (χ0v) is 15.2. The lowest BCUT2D eigenvalue weighted by Gasteiger charge is -2.19. The van der Waals surface area contributed by atoms with Crippen LogP contribution in [0.5, 0.6) is 0 Å². The Morgan fingerprint density at radius 2 is 2.19 bits per heavy atom. The normalized spacial score (nSPS) is 11.5. The van der Waals surface area contributed by atoms with Crippen LogP contribution in [0.2, 0.25) is 0 Å². The fourth-order valence-electron chi connectivity index (χ4n) is 2.15. The second-order valence-corrected chi connectivity index (χ2v) is 6.95. The van der Waals surface area contributed by atoms with Crippen LogP contribution in [-0.2, 0) is 16.8 Å². The van der Waals surface area contributed by atoms with Crippen LogP contribution in [-0.4, -0.2) is 46.9 Å². The Morgan fingerprint density at radius 1 is 1.42 bits per heavy atom. The Morgan fingerprint density at radius 3 is 2.81 bits per heavy atom. The van der Waals surface area contributed by atoms with Gasteiger partial charge in [0.05, 0.1) is 5.69 Å². The molecular weight excluding hydrogens is 358 g/mol. The number of rotatable bonds is 6. The number of carbonyl (C=O) groups is 2. The smallest absolute Gasteiger partial charge is 0.331 e. The Bertz CT molecular complexity index is 943. The number of thiazole rings is 1. The summed E-state index contributed by atoms with van der Waals surface area (Å²) in [6, 6.07) is 1.55. The van der Waals surface area contributed by atoms with E-state index >= 15 is 0 Å². The molecule has 0 spiro atoms. The van der Waals surface area contributed by atoms with Crippen LogP contribution in [0.1, 0.15) is 36.1 Å². The van der Waals surface area contributed by atoms with Crippen molar-refractivity contribution < 1.29 is 14.7 Å². The Labute approximate surface area is 152 Å². The van der Waals surface area contributed by atoms with E-state index in [9.17, 15) is 14.7 Å². The van der Waals surface area contributed by atoms with Gasteiger partial charge in [-0.05, 0) is 20.3 Å². The van der Waals surface area contributed by atoms with Crippen molar-refractivity contribution in [3.8, 4) is 10.8 Å². The second-order valence-electron chi connectivity index (χ2n) is 5.95. The lowest BCUT2D eigenvalue weighted by atomic mass is 10.1. The van der Waals surface area contributed by atoms with Crippen molar-refractivity contribution in [2.45, 2.75) is 32.7 Å². The van der Waals surface area contributed by atoms with Gasteiger partial charge in [0.1, 0.15) is 11.2 Å². The molecule has 0 radical (unpaired) electrons. The van der Waals surface area contributed by atoms with Gasteiger partial charge in [-0.2, -0.15) is 10.2 Å². The highest BCUT2D eigenvalue weighted by molar-refractivity contribution is 7.17. The van der Waals surface area contributed by atoms with Gasteiger partial charge in [-0.3, -0.25) is 14.6 Å². The van der Waals surface area contributed by atoms with E-state index in [1.807, 2.05) is 6.92 Å². The number of amides is 1. The average molecular weight is 375 g/mol. The van der Waals surface area contributed by atoms with Crippen LogP contribution in [0.25, 0.3) is 10.8 Å². The number of hydrogen-bond donors (Lipinski definition) is 3. The van der Waals surface area contributed by atoms with Gasteiger partial charge in [-0.25, -0.2) is 14.8 Å². The number of anilines is 1. The number of aliphatic carboxylic acids is 1. The first-order valence-corrected chi connectivity index (χ1v) is 8.61. The third-order valence-electron chi connectivity index (χ3n) is 3.78. The number of carbonyl (C=O) groups excluding carboxylic acids is 1. The van der Waals surface area contributed by atoms with Crippen molar-refractivity contribution in [3.63, 3.8) is 0 Å². The fourth-order valence-corrected chi connectivity index (χ4v) is 3.15. The minimum Gasteiger partial charge on any atom is -0.479 e. The summed E-state index contributed by atoms with van der Waals surface area (Å²) in [4.78, 5) is 32.8. The number of carboxylic acid groups (broad SMARTS) is 1. The molecule has 136 valence electrons. The highest BCUT2D eigenvalue weighted by Gasteiger charge is 2.30. The van der Waals surface area contributed by atoms with E-state index in [1.54, 1.807) is 6.07 Å². The van der Waals surface area contributed by atoms with E-state index in [-0.39, 0.29) is 11.7 Å². The predicted molar refractivity (Wildman–Crippen MR) is 94.0 cm³/mol. The van der Waals surface area contributed by atoms with Crippen molar-refractivity contribution in [3.05, 3.63) is 29.2 Å². The average Bonchev–Trinajstić information content (AvgIpc) is 3.33. The van der Waals surface area contributed by atoms with Gasteiger partial charge in [0, 0.05) is 12.3 Å². The van der Waals surface area contributed by atoms with Gasteiger partial charge in [0.2, 0.25) is 0 Å². The maximum atomic E-state index is 12.6. The molecule has 10 nitrogen and oxygen atoms in total. The molecule has 0 saturated heterocycles. The van der Waals surface area contributed by atoms with Crippen molar-refractivity contribution in [2.24, 2.45) is 0 Å². The van der Waals surface area contributed by atoms with Crippen LogP contribution in [0.3, 0.4) is 0 Å². The number of aromatic nitrogens is 6. The zero-order valence-electron chi connectivity index (χ0n) is 14.3. The number of H-pyrrole nitrogens is 1. The molecule has 0 unspecified atom stereocenters. The van der Waals surface area contributed by atoms with E-state index in [0.717, 1.165) is 0 Å². The van der Waals surface area contributed by atoms with Crippen LogP contribution in [0, 0.1) is 0 Å². The first kappa shape index (κ1) is 17.7. The molecule has 0 atom stereocenters. The molecule has 3 heterocycles. The highest BCUT2D eigenvalue weighted by atomic mass is 32.1. The largest absolute Gasteiger partial charge is 0.479 e. The van der Waals surface area contributed by atoms with Crippen LogP contribution in [0.4, 0.5) is 5.82 Å². The summed E-state index contributed by atoms with van der Waals surface area (Å²) in [5, 5.41) is 23.2. The number of nitrogens with zero attached hydrogens (tertiary/aromatic N) is 5. The number of hydrogen-bond acceptors (Lipinski definition) is 7. The first-order chi connectivity index (χ1) is 12.3. The van der Waals surface area contributed by atoms with Gasteiger partial charge < -0.3 is 10.4 Å². The molecule has 3 aromatic heterocycles. The number of carboxylic acids is 1. The summed E-state index contributed by atoms with van der Waals surface area (Å²) >= 11 is 1.20. The third-order valence-corrected chi connectivity index (χ3v) is 4.89. The minimum absolute atomic E-state index is 0.265. The fraction of sp³-hybridized carbons (Fsp3) is 0.333. The molecule has 3 N–H and O–H groups in total. The standard InChI is InChI=1S/C15H17N7O3S/c1-4-8-10(26-13(18-8)11-16-7-17-20-11)12(23)19-9-5-6-22(21-9)15(2,3)14(24)25/h5-7H,4H2,1-3H3,(H,24,25)(H,16,17,20)(H,19,21,23). The molecule has 3 aromatic rings. The van der Waals surface area contributed by atoms with Crippen molar-refractivity contribution in [1.82, 2.24) is 29.9 Å². The lowest BCUT2D eigenvalue weighted by Crippen LogP contribution is -2.36. The SMILES string of the molecule is CCc1nc(-c2ncn[nH]2)sc1C(=O)Nc1ccn(C(C)(C)C(=O)O)n1. The van der Waals surface area contributed by atoms with Crippen LogP contribution >= 0.6 is 11.3 Å². The van der Waals surface area contributed by atoms with Gasteiger partial charge in [-0.15, -0.1) is 11.3 Å². The molecule has 0 fully saturated rings. The molecule has 3 rings (SSSR count). The molecule has 1 amide bonds. The monoisotopic (exact) mass is 375 g/mol. The summed E-state index contributed by atoms with van der Waals surface area (Å²) < 4.78 is 1.29. The third kappa shape index (κ3) is 3.20. The molecule has 0 saturated carbocycles. The van der Waals surface area contributed by atoms with Crippen LogP contribution in [0.15, 0.2) is 18.6 Å². The second kappa shape index (κ2) is 6.67. The van der Waals surface area contributed by atoms with Crippen LogP contribution < -0.4 is 5.32 Å². The number of nitrogens with one attached hydrogen (secondary N) is 2. The lowest BCUT2D eigenvalue weighted by molar-refractivity contribution is -0.146. The number of aromatic amines is 1. The minimum atomic E-state index is -1.22. The van der Waals surface area contributed by atoms with E-state index in [4.69, 9.17) is 0 Å². The molecule has 11 heteroatoms. The molecule has 26 heavy (non-hydrogen) atoms. The van der Waals surface area contributed by atoms with Crippen molar-refractivity contribution in [1.29, 1.82) is 0 Å². The molecule has 0 aliphatic rings. The van der Waals surface area contributed by atoms with E-state index in [0.29, 0.717) is 27.8 Å². The quantitative estimate of drug-likeness (QED) is 0.596. The molecule has 0 aliphatic carbocycles. The highest BCUT2D eigenvalue weighted by Crippen LogP contribution is 2.27. The topological polar surface area (TPSA) is 139 Å². The molecule has 0 aromatic carbocycles. The van der Waals surface area contributed by atoms with Crippen molar-refractivity contribution in [2.75, 3.05) is 5.32 Å². The maximum absolute atomic E-state index is 12.6. The number of aryl methyl sites for hydroxylation is 1. The maximum Gasteiger partial charge on any atom is 0.331 e. The molecule has 0 aliphatic heterocycles.